The number of ether oxygens (including phenoxy) is 4. The molecule has 0 amide bonds. The third-order valence-electron chi connectivity index (χ3n) is 4.69. The quantitative estimate of drug-likeness (QED) is 0.801. The first kappa shape index (κ1) is 17.6. The molecule has 2 atom stereocenters. The zero-order chi connectivity index (χ0) is 17.8. The lowest BCUT2D eigenvalue weighted by molar-refractivity contribution is 0.0414. The highest BCUT2D eigenvalue weighted by Crippen LogP contribution is 2.42. The highest BCUT2D eigenvalue weighted by atomic mass is 16.5. The van der Waals surface area contributed by atoms with Gasteiger partial charge in [-0.25, -0.2) is 0 Å². The normalized spacial score (nSPS) is 20.5. The molecule has 1 aliphatic rings. The molecular formula is C20H25NO4. The Morgan fingerprint density at radius 2 is 1.68 bits per heavy atom. The van der Waals surface area contributed by atoms with Crippen LogP contribution in [0.25, 0.3) is 0 Å². The average Bonchev–Trinajstić information content (AvgIpc) is 3.02. The van der Waals surface area contributed by atoms with Gasteiger partial charge < -0.3 is 18.9 Å². The van der Waals surface area contributed by atoms with Gasteiger partial charge in [0.05, 0.1) is 34.0 Å². The molecule has 0 radical (unpaired) electrons. The van der Waals surface area contributed by atoms with Gasteiger partial charge in [-0.05, 0) is 18.6 Å². The van der Waals surface area contributed by atoms with Gasteiger partial charge in [-0.1, -0.05) is 36.4 Å². The Hall–Kier alpha value is -2.24. The third kappa shape index (κ3) is 3.43. The standard InChI is InChI=1S/C20H25NO4/c1-14-21(17(13-25-14)15-8-6-5-7-9-15)12-16-10-11-18(22-2)20(24-4)19(16)23-3/h5-11,14,17H,12-13H2,1-4H3/t14-,17+/m1/s1. The molecule has 0 N–H and O–H groups in total. The Morgan fingerprint density at radius 1 is 0.960 bits per heavy atom. The van der Waals surface area contributed by atoms with Gasteiger partial charge in [0.25, 0.3) is 0 Å². The molecule has 0 unspecified atom stereocenters. The van der Waals surface area contributed by atoms with Crippen molar-refractivity contribution in [3.8, 4) is 17.2 Å². The molecule has 1 heterocycles. The van der Waals surface area contributed by atoms with Gasteiger partial charge in [0.15, 0.2) is 11.5 Å². The summed E-state index contributed by atoms with van der Waals surface area (Å²) in [5.41, 5.74) is 2.30. The number of rotatable bonds is 6. The highest BCUT2D eigenvalue weighted by Gasteiger charge is 2.33. The van der Waals surface area contributed by atoms with Crippen molar-refractivity contribution in [3.63, 3.8) is 0 Å². The van der Waals surface area contributed by atoms with Crippen LogP contribution in [0.3, 0.4) is 0 Å². The van der Waals surface area contributed by atoms with E-state index in [1.807, 2.05) is 18.2 Å². The van der Waals surface area contributed by atoms with Gasteiger partial charge in [0, 0.05) is 12.1 Å². The minimum Gasteiger partial charge on any atom is -0.493 e. The van der Waals surface area contributed by atoms with E-state index in [1.54, 1.807) is 21.3 Å². The van der Waals surface area contributed by atoms with Crippen molar-refractivity contribution < 1.29 is 18.9 Å². The summed E-state index contributed by atoms with van der Waals surface area (Å²) in [6.45, 7) is 3.46. The van der Waals surface area contributed by atoms with Gasteiger partial charge >= 0.3 is 0 Å². The number of benzene rings is 2. The van der Waals surface area contributed by atoms with Gasteiger partial charge in [-0.2, -0.15) is 0 Å². The zero-order valence-electron chi connectivity index (χ0n) is 15.2. The molecule has 0 spiro atoms. The van der Waals surface area contributed by atoms with Crippen molar-refractivity contribution >= 4 is 0 Å². The van der Waals surface area contributed by atoms with Crippen molar-refractivity contribution in [3.05, 3.63) is 53.6 Å². The number of methoxy groups -OCH3 is 3. The molecule has 0 aliphatic carbocycles. The summed E-state index contributed by atoms with van der Waals surface area (Å²) in [6.07, 6.45) is 0.0306. The van der Waals surface area contributed by atoms with Crippen LogP contribution in [-0.4, -0.2) is 39.1 Å². The molecule has 134 valence electrons. The van der Waals surface area contributed by atoms with Crippen LogP contribution in [0.4, 0.5) is 0 Å². The molecule has 0 bridgehead atoms. The second-order valence-corrected chi connectivity index (χ2v) is 6.02. The largest absolute Gasteiger partial charge is 0.493 e. The van der Waals surface area contributed by atoms with Crippen molar-refractivity contribution in [2.24, 2.45) is 0 Å². The molecule has 3 rings (SSSR count). The first-order chi connectivity index (χ1) is 12.2. The monoisotopic (exact) mass is 343 g/mol. The van der Waals surface area contributed by atoms with E-state index in [4.69, 9.17) is 18.9 Å². The number of hydrogen-bond acceptors (Lipinski definition) is 5. The van der Waals surface area contributed by atoms with Crippen molar-refractivity contribution in [1.29, 1.82) is 0 Å². The van der Waals surface area contributed by atoms with E-state index in [0.29, 0.717) is 30.4 Å². The van der Waals surface area contributed by atoms with E-state index >= 15 is 0 Å². The number of nitrogens with zero attached hydrogens (tertiary/aromatic N) is 1. The maximum absolute atomic E-state index is 5.91. The third-order valence-corrected chi connectivity index (χ3v) is 4.69. The Morgan fingerprint density at radius 3 is 2.32 bits per heavy atom. The van der Waals surface area contributed by atoms with Crippen LogP contribution >= 0.6 is 0 Å². The fourth-order valence-electron chi connectivity index (χ4n) is 3.36. The molecule has 5 nitrogen and oxygen atoms in total. The van der Waals surface area contributed by atoms with E-state index in [9.17, 15) is 0 Å². The predicted octanol–water partition coefficient (Wildman–Crippen LogP) is 3.63. The van der Waals surface area contributed by atoms with E-state index in [-0.39, 0.29) is 12.3 Å². The smallest absolute Gasteiger partial charge is 0.203 e. The summed E-state index contributed by atoms with van der Waals surface area (Å²) in [7, 11) is 4.90. The molecule has 1 fully saturated rings. The Balaban J connectivity index is 1.92. The maximum Gasteiger partial charge on any atom is 0.203 e. The van der Waals surface area contributed by atoms with Crippen LogP contribution in [0.1, 0.15) is 24.1 Å². The zero-order valence-corrected chi connectivity index (χ0v) is 15.2. The first-order valence-electron chi connectivity index (χ1n) is 8.39. The molecule has 1 saturated heterocycles. The Bertz CT molecular complexity index is 704. The Kier molecular flexibility index (Phi) is 5.46. The molecule has 5 heteroatoms. The van der Waals surface area contributed by atoms with Crippen LogP contribution in [0, 0.1) is 0 Å². The lowest BCUT2D eigenvalue weighted by Crippen LogP contribution is -2.30. The van der Waals surface area contributed by atoms with Crippen LogP contribution in [-0.2, 0) is 11.3 Å². The lowest BCUT2D eigenvalue weighted by Gasteiger charge is -2.27. The molecule has 0 saturated carbocycles. The van der Waals surface area contributed by atoms with Crippen molar-refractivity contribution in [1.82, 2.24) is 4.90 Å². The first-order valence-corrected chi connectivity index (χ1v) is 8.39. The fraction of sp³-hybridized carbons (Fsp3) is 0.400. The van der Waals surface area contributed by atoms with E-state index in [0.717, 1.165) is 5.56 Å². The van der Waals surface area contributed by atoms with E-state index < -0.39 is 0 Å². The van der Waals surface area contributed by atoms with Crippen molar-refractivity contribution in [2.45, 2.75) is 25.7 Å². The van der Waals surface area contributed by atoms with Gasteiger partial charge in [0.2, 0.25) is 5.75 Å². The second-order valence-electron chi connectivity index (χ2n) is 6.02. The van der Waals surface area contributed by atoms with Crippen LogP contribution in [0.15, 0.2) is 42.5 Å². The molecular weight excluding hydrogens is 318 g/mol. The van der Waals surface area contributed by atoms with Crippen LogP contribution < -0.4 is 14.2 Å². The summed E-state index contributed by atoms with van der Waals surface area (Å²) in [4.78, 5) is 2.33. The number of hydrogen-bond donors (Lipinski definition) is 0. The minimum absolute atomic E-state index is 0.0306. The van der Waals surface area contributed by atoms with Crippen molar-refractivity contribution in [2.75, 3.05) is 27.9 Å². The summed E-state index contributed by atoms with van der Waals surface area (Å²) in [5, 5.41) is 0. The molecule has 2 aromatic rings. The average molecular weight is 343 g/mol. The molecule has 25 heavy (non-hydrogen) atoms. The topological polar surface area (TPSA) is 40.2 Å². The minimum atomic E-state index is 0.0306. The van der Waals surface area contributed by atoms with Crippen LogP contribution in [0.5, 0.6) is 17.2 Å². The fourth-order valence-corrected chi connectivity index (χ4v) is 3.36. The lowest BCUT2D eigenvalue weighted by atomic mass is 10.1. The SMILES string of the molecule is COc1ccc(CN2[C@@H](C)OC[C@H]2c2ccccc2)c(OC)c1OC. The van der Waals surface area contributed by atoms with Gasteiger partial charge in [-0.15, -0.1) is 0 Å². The summed E-state index contributed by atoms with van der Waals surface area (Å²) < 4.78 is 22.4. The van der Waals surface area contributed by atoms with E-state index in [2.05, 4.69) is 36.1 Å². The summed E-state index contributed by atoms with van der Waals surface area (Å²) >= 11 is 0. The predicted molar refractivity (Wildman–Crippen MR) is 96.2 cm³/mol. The summed E-state index contributed by atoms with van der Waals surface area (Å²) in [5.74, 6) is 1.98. The second kappa shape index (κ2) is 7.76. The Labute approximate surface area is 149 Å². The maximum atomic E-state index is 5.91. The summed E-state index contributed by atoms with van der Waals surface area (Å²) in [6, 6.07) is 14.6. The highest BCUT2D eigenvalue weighted by molar-refractivity contribution is 5.55. The molecule has 0 aromatic heterocycles. The van der Waals surface area contributed by atoms with Gasteiger partial charge in [0.1, 0.15) is 6.23 Å². The van der Waals surface area contributed by atoms with Gasteiger partial charge in [-0.3, -0.25) is 4.90 Å². The molecule has 2 aromatic carbocycles. The van der Waals surface area contributed by atoms with Crippen LogP contribution in [0.2, 0.25) is 0 Å². The van der Waals surface area contributed by atoms with E-state index in [1.165, 1.54) is 5.56 Å². The molecule has 1 aliphatic heterocycles.